The lowest BCUT2D eigenvalue weighted by Gasteiger charge is -2.37. The molecule has 2 aliphatic rings. The normalized spacial score (nSPS) is 24.4. The number of hydrogen-bond donors (Lipinski definition) is 1. The van der Waals surface area contributed by atoms with Gasteiger partial charge in [0.15, 0.2) is 0 Å². The second kappa shape index (κ2) is 5.56. The number of rotatable bonds is 2. The molecule has 1 saturated carbocycles. The molecule has 4 nitrogen and oxygen atoms in total. The Labute approximate surface area is 161 Å². The van der Waals surface area contributed by atoms with Gasteiger partial charge in [0, 0.05) is 11.9 Å². The molecule has 5 rings (SSSR count). The molecule has 2 heterocycles. The molecule has 0 spiro atoms. The third kappa shape index (κ3) is 2.00. The lowest BCUT2D eigenvalue weighted by atomic mass is 9.66. The van der Waals surface area contributed by atoms with Crippen LogP contribution in [0.5, 0.6) is 0 Å². The van der Waals surface area contributed by atoms with Crippen molar-refractivity contribution in [3.63, 3.8) is 0 Å². The fraction of sp³-hybridized carbons (Fsp3) is 0.318. The van der Waals surface area contributed by atoms with Crippen LogP contribution in [0.25, 0.3) is 11.3 Å². The van der Waals surface area contributed by atoms with E-state index in [0.717, 1.165) is 29.8 Å². The molecule has 0 unspecified atom stereocenters. The number of benzene rings is 1. The standard InChI is InChI=1S/C22H20F2N4/c1-21(2)14-6-8-22(21,18-10-12(25)7-9-26-18)20-13(14)11-17(27-28-20)19-15(23)4-3-5-16(19)24/h3-5,7,9-11,14H,6,8H2,1-2H3,(H2,25,26)/t14-,22-/m0/s1. The molecule has 0 saturated heterocycles. The van der Waals surface area contributed by atoms with Crippen molar-refractivity contribution in [2.24, 2.45) is 5.41 Å². The number of halogens is 2. The Kier molecular flexibility index (Phi) is 3.42. The van der Waals surface area contributed by atoms with E-state index in [4.69, 9.17) is 5.73 Å². The summed E-state index contributed by atoms with van der Waals surface area (Å²) in [5, 5.41) is 8.74. The molecule has 2 bridgehead atoms. The van der Waals surface area contributed by atoms with E-state index in [9.17, 15) is 8.78 Å². The molecule has 2 aromatic heterocycles. The second-order valence-corrected chi connectivity index (χ2v) is 8.32. The first-order valence-electron chi connectivity index (χ1n) is 9.41. The Morgan fingerprint density at radius 2 is 1.82 bits per heavy atom. The summed E-state index contributed by atoms with van der Waals surface area (Å²) in [6.45, 7) is 4.42. The van der Waals surface area contributed by atoms with Gasteiger partial charge in [-0.3, -0.25) is 4.98 Å². The van der Waals surface area contributed by atoms with Crippen LogP contribution < -0.4 is 5.73 Å². The maximum Gasteiger partial charge on any atom is 0.135 e. The molecular weight excluding hydrogens is 358 g/mol. The number of aromatic nitrogens is 3. The molecule has 0 radical (unpaired) electrons. The molecular formula is C22H20F2N4. The first kappa shape index (κ1) is 17.2. The summed E-state index contributed by atoms with van der Waals surface area (Å²) in [6.07, 6.45) is 3.58. The van der Waals surface area contributed by atoms with Gasteiger partial charge in [-0.15, -0.1) is 5.10 Å². The summed E-state index contributed by atoms with van der Waals surface area (Å²) in [7, 11) is 0. The maximum absolute atomic E-state index is 14.3. The van der Waals surface area contributed by atoms with Gasteiger partial charge in [0.25, 0.3) is 0 Å². The molecule has 1 aromatic carbocycles. The van der Waals surface area contributed by atoms with Crippen LogP contribution in [0, 0.1) is 17.0 Å². The number of hydrogen-bond acceptors (Lipinski definition) is 4. The Hall–Kier alpha value is -2.89. The number of anilines is 1. The van der Waals surface area contributed by atoms with Crippen molar-refractivity contribution in [3.8, 4) is 11.3 Å². The third-order valence-electron chi connectivity index (χ3n) is 6.82. The first-order valence-corrected chi connectivity index (χ1v) is 9.41. The zero-order valence-electron chi connectivity index (χ0n) is 15.7. The maximum atomic E-state index is 14.3. The molecule has 142 valence electrons. The van der Waals surface area contributed by atoms with Crippen molar-refractivity contribution < 1.29 is 8.78 Å². The van der Waals surface area contributed by atoms with E-state index in [-0.39, 0.29) is 22.6 Å². The highest BCUT2D eigenvalue weighted by molar-refractivity contribution is 5.64. The summed E-state index contributed by atoms with van der Waals surface area (Å²) in [4.78, 5) is 4.63. The van der Waals surface area contributed by atoms with Gasteiger partial charge in [0.05, 0.1) is 28.1 Å². The Bertz CT molecular complexity index is 1090. The van der Waals surface area contributed by atoms with Gasteiger partial charge in [-0.25, -0.2) is 8.78 Å². The summed E-state index contributed by atoms with van der Waals surface area (Å²) in [5.41, 5.74) is 8.99. The number of fused-ring (bicyclic) bond motifs is 5. The third-order valence-corrected chi connectivity index (χ3v) is 6.82. The van der Waals surface area contributed by atoms with Crippen LogP contribution in [-0.2, 0) is 5.41 Å². The quantitative estimate of drug-likeness (QED) is 0.708. The Morgan fingerprint density at radius 3 is 2.54 bits per heavy atom. The van der Waals surface area contributed by atoms with Crippen molar-refractivity contribution in [3.05, 3.63) is 71.2 Å². The summed E-state index contributed by atoms with van der Waals surface area (Å²) >= 11 is 0. The SMILES string of the molecule is CC1(C)[C@H]2CC[C@]1(c1cc(N)ccn1)c1nnc(-c3c(F)cccc3F)cc12. The molecule has 0 aliphatic heterocycles. The van der Waals surface area contributed by atoms with Crippen LogP contribution in [0.4, 0.5) is 14.5 Å². The van der Waals surface area contributed by atoms with E-state index in [1.54, 1.807) is 12.3 Å². The minimum atomic E-state index is -0.635. The van der Waals surface area contributed by atoms with Crippen molar-refractivity contribution >= 4 is 5.69 Å². The minimum Gasteiger partial charge on any atom is -0.399 e. The summed E-state index contributed by atoms with van der Waals surface area (Å²) in [6, 6.07) is 9.31. The predicted octanol–water partition coefficient (Wildman–Crippen LogP) is 4.60. The van der Waals surface area contributed by atoms with Crippen molar-refractivity contribution in [2.45, 2.75) is 38.0 Å². The van der Waals surface area contributed by atoms with Crippen molar-refractivity contribution in [2.75, 3.05) is 5.73 Å². The highest BCUT2D eigenvalue weighted by atomic mass is 19.1. The minimum absolute atomic E-state index is 0.130. The highest BCUT2D eigenvalue weighted by Crippen LogP contribution is 2.69. The lowest BCUT2D eigenvalue weighted by Crippen LogP contribution is -2.37. The van der Waals surface area contributed by atoms with Crippen LogP contribution in [-0.4, -0.2) is 15.2 Å². The number of pyridine rings is 1. The van der Waals surface area contributed by atoms with Gasteiger partial charge in [0.1, 0.15) is 11.6 Å². The molecule has 0 amide bonds. The van der Waals surface area contributed by atoms with E-state index in [0.29, 0.717) is 5.69 Å². The van der Waals surface area contributed by atoms with Gasteiger partial charge < -0.3 is 5.73 Å². The predicted molar refractivity (Wildman–Crippen MR) is 103 cm³/mol. The lowest BCUT2D eigenvalue weighted by molar-refractivity contribution is 0.243. The molecule has 6 heteroatoms. The molecule has 2 atom stereocenters. The van der Waals surface area contributed by atoms with Gasteiger partial charge in [-0.2, -0.15) is 5.10 Å². The fourth-order valence-electron chi connectivity index (χ4n) is 5.44. The van der Waals surface area contributed by atoms with E-state index in [1.165, 1.54) is 18.2 Å². The van der Waals surface area contributed by atoms with Gasteiger partial charge in [0.2, 0.25) is 0 Å². The van der Waals surface area contributed by atoms with Gasteiger partial charge in [-0.05, 0) is 60.1 Å². The van der Waals surface area contributed by atoms with Gasteiger partial charge in [-0.1, -0.05) is 19.9 Å². The van der Waals surface area contributed by atoms with E-state index in [1.807, 2.05) is 12.1 Å². The molecule has 2 N–H and O–H groups in total. The van der Waals surface area contributed by atoms with Crippen LogP contribution in [0.1, 0.15) is 49.6 Å². The monoisotopic (exact) mass is 378 g/mol. The number of nitrogen functional groups attached to an aromatic ring is 1. The highest BCUT2D eigenvalue weighted by Gasteiger charge is 2.65. The average Bonchev–Trinajstić information content (AvgIpc) is 3.03. The fourth-order valence-corrected chi connectivity index (χ4v) is 5.44. The Morgan fingerprint density at radius 1 is 1.07 bits per heavy atom. The van der Waals surface area contributed by atoms with Crippen LogP contribution in [0.15, 0.2) is 42.6 Å². The zero-order valence-corrected chi connectivity index (χ0v) is 15.7. The second-order valence-electron chi connectivity index (χ2n) is 8.32. The van der Waals surface area contributed by atoms with Crippen molar-refractivity contribution in [1.82, 2.24) is 15.2 Å². The molecule has 28 heavy (non-hydrogen) atoms. The topological polar surface area (TPSA) is 64.7 Å². The largest absolute Gasteiger partial charge is 0.399 e. The average molecular weight is 378 g/mol. The smallest absolute Gasteiger partial charge is 0.135 e. The van der Waals surface area contributed by atoms with Crippen LogP contribution >= 0.6 is 0 Å². The van der Waals surface area contributed by atoms with Crippen LogP contribution in [0.2, 0.25) is 0 Å². The van der Waals surface area contributed by atoms with Crippen LogP contribution in [0.3, 0.4) is 0 Å². The van der Waals surface area contributed by atoms with E-state index >= 15 is 0 Å². The number of nitrogens with two attached hydrogens (primary N) is 1. The van der Waals surface area contributed by atoms with Crippen molar-refractivity contribution in [1.29, 1.82) is 0 Å². The Balaban J connectivity index is 1.74. The first-order chi connectivity index (χ1) is 13.4. The zero-order chi connectivity index (χ0) is 19.7. The number of nitrogens with zero attached hydrogens (tertiary/aromatic N) is 3. The summed E-state index contributed by atoms with van der Waals surface area (Å²) < 4.78 is 28.6. The van der Waals surface area contributed by atoms with E-state index < -0.39 is 17.0 Å². The van der Waals surface area contributed by atoms with Gasteiger partial charge >= 0.3 is 0 Å². The molecule has 3 aromatic rings. The summed E-state index contributed by atoms with van der Waals surface area (Å²) in [5.74, 6) is -1.05. The van der Waals surface area contributed by atoms with E-state index in [2.05, 4.69) is 29.0 Å². The molecule has 2 aliphatic carbocycles. The molecule has 1 fully saturated rings.